The highest BCUT2D eigenvalue weighted by molar-refractivity contribution is 5.75. The first-order valence-corrected chi connectivity index (χ1v) is 6.09. The third-order valence-electron chi connectivity index (χ3n) is 2.62. The number of nitrogens with two attached hydrogens (primary N) is 1. The number of nitrogens with zero attached hydrogens (tertiary/aromatic N) is 2. The summed E-state index contributed by atoms with van der Waals surface area (Å²) in [7, 11) is 1.65. The Morgan fingerprint density at radius 1 is 1.67 bits per heavy atom. The molecule has 0 aliphatic heterocycles. The summed E-state index contributed by atoms with van der Waals surface area (Å²) >= 11 is 0. The Bertz CT molecular complexity index is 387. The molecule has 1 rings (SSSR count). The topological polar surface area (TPSA) is 82.2 Å². The Labute approximate surface area is 108 Å². The van der Waals surface area contributed by atoms with Crippen LogP contribution in [0.3, 0.4) is 0 Å². The van der Waals surface area contributed by atoms with Crippen LogP contribution in [0.5, 0.6) is 0 Å². The molecule has 102 valence electrons. The van der Waals surface area contributed by atoms with Gasteiger partial charge in [0.15, 0.2) is 0 Å². The van der Waals surface area contributed by atoms with Crippen LogP contribution in [-0.4, -0.2) is 35.7 Å². The first kappa shape index (κ1) is 14.7. The van der Waals surface area contributed by atoms with Crippen LogP contribution in [0.2, 0.25) is 0 Å². The van der Waals surface area contributed by atoms with Gasteiger partial charge in [-0.1, -0.05) is 0 Å². The van der Waals surface area contributed by atoms with Crippen LogP contribution in [0.1, 0.15) is 30.9 Å². The molecule has 6 heteroatoms. The molecule has 6 nitrogen and oxygen atoms in total. The molecule has 1 aromatic rings. The molecule has 0 bridgehead atoms. The molecular formula is C12H22N4O2. The summed E-state index contributed by atoms with van der Waals surface area (Å²) < 4.78 is 6.72. The maximum atomic E-state index is 11.7. The average molecular weight is 254 g/mol. The Hall–Kier alpha value is -1.40. The van der Waals surface area contributed by atoms with Crippen LogP contribution < -0.4 is 11.1 Å². The number of amides is 1. The standard InChI is InChI=1S/C12H22N4O2/c1-9(13)11-7-16(10(2)15-11)8-12(17)14-5-4-6-18-3/h7,9H,4-6,8,13H2,1-3H3,(H,14,17)/t9-/m1/s1. The van der Waals surface area contributed by atoms with E-state index >= 15 is 0 Å². The van der Waals surface area contributed by atoms with Crippen LogP contribution in [0.4, 0.5) is 0 Å². The van der Waals surface area contributed by atoms with Crippen LogP contribution in [0.25, 0.3) is 0 Å². The highest BCUT2D eigenvalue weighted by Gasteiger charge is 2.10. The molecule has 0 aromatic carbocycles. The normalized spacial score (nSPS) is 12.4. The lowest BCUT2D eigenvalue weighted by Crippen LogP contribution is -2.29. The quantitative estimate of drug-likeness (QED) is 0.688. The van der Waals surface area contributed by atoms with Gasteiger partial charge in [-0.15, -0.1) is 0 Å². The number of nitrogens with one attached hydrogen (secondary N) is 1. The smallest absolute Gasteiger partial charge is 0.239 e. The molecule has 1 amide bonds. The van der Waals surface area contributed by atoms with Crippen molar-refractivity contribution in [3.8, 4) is 0 Å². The molecule has 0 fully saturated rings. The van der Waals surface area contributed by atoms with Crippen molar-refractivity contribution in [3.63, 3.8) is 0 Å². The monoisotopic (exact) mass is 254 g/mol. The van der Waals surface area contributed by atoms with Crippen molar-refractivity contribution in [3.05, 3.63) is 17.7 Å². The predicted molar refractivity (Wildman–Crippen MR) is 69.1 cm³/mol. The van der Waals surface area contributed by atoms with E-state index in [1.54, 1.807) is 7.11 Å². The van der Waals surface area contributed by atoms with Crippen LogP contribution in [0.15, 0.2) is 6.20 Å². The number of ether oxygens (including phenoxy) is 1. The number of carbonyl (C=O) groups is 1. The zero-order chi connectivity index (χ0) is 13.5. The van der Waals surface area contributed by atoms with E-state index < -0.39 is 0 Å². The fraction of sp³-hybridized carbons (Fsp3) is 0.667. The second-order valence-corrected chi connectivity index (χ2v) is 4.33. The predicted octanol–water partition coefficient (Wildman–Crippen LogP) is 0.364. The molecule has 3 N–H and O–H groups in total. The van der Waals surface area contributed by atoms with Gasteiger partial charge in [0, 0.05) is 32.5 Å². The summed E-state index contributed by atoms with van der Waals surface area (Å²) in [5.41, 5.74) is 6.56. The number of aryl methyl sites for hydroxylation is 1. The van der Waals surface area contributed by atoms with Gasteiger partial charge >= 0.3 is 0 Å². The molecule has 1 atom stereocenters. The molecule has 1 heterocycles. The number of imidazole rings is 1. The number of rotatable bonds is 7. The van der Waals surface area contributed by atoms with E-state index in [2.05, 4.69) is 10.3 Å². The lowest BCUT2D eigenvalue weighted by atomic mass is 10.3. The van der Waals surface area contributed by atoms with Gasteiger partial charge in [-0.05, 0) is 20.3 Å². The summed E-state index contributed by atoms with van der Waals surface area (Å²) in [6.07, 6.45) is 2.64. The van der Waals surface area contributed by atoms with Gasteiger partial charge in [-0.2, -0.15) is 0 Å². The minimum absolute atomic E-state index is 0.0252. The maximum Gasteiger partial charge on any atom is 0.239 e. The number of hydrogen-bond donors (Lipinski definition) is 2. The van der Waals surface area contributed by atoms with E-state index in [9.17, 15) is 4.79 Å². The van der Waals surface area contributed by atoms with Gasteiger partial charge in [-0.25, -0.2) is 4.98 Å². The lowest BCUT2D eigenvalue weighted by Gasteiger charge is -2.06. The first-order valence-electron chi connectivity index (χ1n) is 6.09. The number of methoxy groups -OCH3 is 1. The fourth-order valence-corrected chi connectivity index (χ4v) is 1.57. The van der Waals surface area contributed by atoms with Crippen molar-refractivity contribution in [1.29, 1.82) is 0 Å². The second-order valence-electron chi connectivity index (χ2n) is 4.33. The largest absolute Gasteiger partial charge is 0.385 e. The SMILES string of the molecule is COCCCNC(=O)Cn1cc([C@@H](C)N)nc1C. The van der Waals surface area contributed by atoms with E-state index in [1.807, 2.05) is 24.6 Å². The van der Waals surface area contributed by atoms with Gasteiger partial charge in [0.1, 0.15) is 12.4 Å². The second kappa shape index (κ2) is 7.13. The van der Waals surface area contributed by atoms with Crippen molar-refractivity contribution in [2.24, 2.45) is 5.73 Å². The molecule has 1 aromatic heterocycles. The van der Waals surface area contributed by atoms with Crippen LogP contribution >= 0.6 is 0 Å². The molecule has 0 saturated heterocycles. The molecule has 0 aliphatic rings. The minimum atomic E-state index is -0.116. The number of hydrogen-bond acceptors (Lipinski definition) is 4. The van der Waals surface area contributed by atoms with Crippen molar-refractivity contribution in [1.82, 2.24) is 14.9 Å². The average Bonchev–Trinajstić information content (AvgIpc) is 2.67. The lowest BCUT2D eigenvalue weighted by molar-refractivity contribution is -0.121. The Balaban J connectivity index is 2.44. The highest BCUT2D eigenvalue weighted by atomic mass is 16.5. The maximum absolute atomic E-state index is 11.7. The minimum Gasteiger partial charge on any atom is -0.385 e. The van der Waals surface area contributed by atoms with Crippen LogP contribution in [0, 0.1) is 6.92 Å². The van der Waals surface area contributed by atoms with Crippen molar-refractivity contribution >= 4 is 5.91 Å². The fourth-order valence-electron chi connectivity index (χ4n) is 1.57. The van der Waals surface area contributed by atoms with Gasteiger partial charge in [0.05, 0.1) is 5.69 Å². The van der Waals surface area contributed by atoms with Crippen LogP contribution in [-0.2, 0) is 16.1 Å². The Morgan fingerprint density at radius 2 is 2.39 bits per heavy atom. The molecule has 18 heavy (non-hydrogen) atoms. The van der Waals surface area contributed by atoms with E-state index in [1.165, 1.54) is 0 Å². The van der Waals surface area contributed by atoms with E-state index in [0.29, 0.717) is 13.2 Å². The first-order chi connectivity index (χ1) is 8.54. The van der Waals surface area contributed by atoms with Gasteiger partial charge in [0.2, 0.25) is 5.91 Å². The van der Waals surface area contributed by atoms with E-state index in [4.69, 9.17) is 10.5 Å². The summed E-state index contributed by atoms with van der Waals surface area (Å²) in [6.45, 7) is 5.29. The molecule has 0 saturated carbocycles. The number of carbonyl (C=O) groups excluding carboxylic acids is 1. The van der Waals surface area contributed by atoms with E-state index in [0.717, 1.165) is 17.9 Å². The Morgan fingerprint density at radius 3 is 2.94 bits per heavy atom. The van der Waals surface area contributed by atoms with Gasteiger partial charge < -0.3 is 20.4 Å². The summed E-state index contributed by atoms with van der Waals surface area (Å²) in [5, 5.41) is 2.83. The van der Waals surface area contributed by atoms with Gasteiger partial charge in [0.25, 0.3) is 0 Å². The van der Waals surface area contributed by atoms with E-state index in [-0.39, 0.29) is 18.5 Å². The molecule has 0 aliphatic carbocycles. The molecule has 0 unspecified atom stereocenters. The highest BCUT2D eigenvalue weighted by Crippen LogP contribution is 2.09. The summed E-state index contributed by atoms with van der Waals surface area (Å²) in [6, 6.07) is -0.116. The summed E-state index contributed by atoms with van der Waals surface area (Å²) in [4.78, 5) is 16.0. The zero-order valence-corrected chi connectivity index (χ0v) is 11.3. The summed E-state index contributed by atoms with van der Waals surface area (Å²) in [5.74, 6) is 0.775. The van der Waals surface area contributed by atoms with Gasteiger partial charge in [-0.3, -0.25) is 4.79 Å². The molecular weight excluding hydrogens is 232 g/mol. The number of aromatic nitrogens is 2. The van der Waals surface area contributed by atoms with Crippen molar-refractivity contribution in [2.45, 2.75) is 32.9 Å². The zero-order valence-electron chi connectivity index (χ0n) is 11.3. The Kier molecular flexibility index (Phi) is 5.80. The van der Waals surface area contributed by atoms with Crippen molar-refractivity contribution < 1.29 is 9.53 Å². The molecule has 0 radical (unpaired) electrons. The third kappa shape index (κ3) is 4.46. The third-order valence-corrected chi connectivity index (χ3v) is 2.62. The van der Waals surface area contributed by atoms with Crippen molar-refractivity contribution in [2.75, 3.05) is 20.3 Å². The molecule has 0 spiro atoms.